The Hall–Kier alpha value is -2.42. The summed E-state index contributed by atoms with van der Waals surface area (Å²) in [6.07, 6.45) is 3.67. The molecule has 0 atom stereocenters. The normalized spacial score (nSPS) is 10.2. The van der Waals surface area contributed by atoms with Gasteiger partial charge in [-0.15, -0.1) is 0 Å². The van der Waals surface area contributed by atoms with Gasteiger partial charge in [0.2, 0.25) is 0 Å². The zero-order chi connectivity index (χ0) is 13.1. The van der Waals surface area contributed by atoms with Crippen LogP contribution >= 0.6 is 11.8 Å². The van der Waals surface area contributed by atoms with Gasteiger partial charge in [0.15, 0.2) is 0 Å². The van der Waals surface area contributed by atoms with E-state index in [0.717, 1.165) is 24.0 Å². The molecule has 2 aromatic rings. The number of oxazole rings is 1. The molecule has 0 bridgehead atoms. The summed E-state index contributed by atoms with van der Waals surface area (Å²) in [7, 11) is 0. The Morgan fingerprint density at radius 2 is 2.28 bits per heavy atom. The molecule has 0 aliphatic carbocycles. The Balaban J connectivity index is 2.37. The number of nitrogens with zero attached hydrogens (tertiary/aromatic N) is 3. The van der Waals surface area contributed by atoms with Crippen LogP contribution in [-0.4, -0.2) is 26.0 Å². The van der Waals surface area contributed by atoms with Crippen molar-refractivity contribution in [3.63, 3.8) is 0 Å². The van der Waals surface area contributed by atoms with Gasteiger partial charge in [0.05, 0.1) is 11.1 Å². The molecule has 0 spiro atoms. The van der Waals surface area contributed by atoms with E-state index < -0.39 is 22.1 Å². The summed E-state index contributed by atoms with van der Waals surface area (Å²) in [5.41, 5.74) is -0.983. The fourth-order valence-electron chi connectivity index (χ4n) is 1.15. The van der Waals surface area contributed by atoms with E-state index in [1.54, 1.807) is 0 Å². The summed E-state index contributed by atoms with van der Waals surface area (Å²) in [5.74, 6) is -1.39. The molecule has 2 heterocycles. The van der Waals surface area contributed by atoms with Crippen LogP contribution in [0.5, 0.6) is 0 Å². The minimum Gasteiger partial charge on any atom is -0.477 e. The number of carboxylic acid groups (broad SMARTS) is 1. The first-order chi connectivity index (χ1) is 8.58. The molecule has 2 aromatic heterocycles. The second-order valence-electron chi connectivity index (χ2n) is 3.00. The maximum atomic E-state index is 10.9. The number of aromatic carboxylic acids is 1. The standard InChI is InChI=1S/C9H5N3O5S/c13-8(14)5-3-7(11-4-6(5)12(15)16)18-9-10-1-2-17-9/h1-4H,(H,13,14). The lowest BCUT2D eigenvalue weighted by atomic mass is 10.2. The molecule has 0 aromatic carbocycles. The van der Waals surface area contributed by atoms with E-state index in [0.29, 0.717) is 0 Å². The van der Waals surface area contributed by atoms with Gasteiger partial charge in [-0.25, -0.2) is 14.8 Å². The van der Waals surface area contributed by atoms with E-state index in [-0.39, 0.29) is 10.2 Å². The first-order valence-corrected chi connectivity index (χ1v) is 5.34. The van der Waals surface area contributed by atoms with Crippen molar-refractivity contribution in [1.29, 1.82) is 0 Å². The Morgan fingerprint density at radius 1 is 1.50 bits per heavy atom. The van der Waals surface area contributed by atoms with E-state index in [1.165, 1.54) is 12.5 Å². The third-order valence-corrected chi connectivity index (χ3v) is 2.70. The third-order valence-electron chi connectivity index (χ3n) is 1.89. The summed E-state index contributed by atoms with van der Waals surface area (Å²) in [5, 5.41) is 20.0. The average molecular weight is 267 g/mol. The topological polar surface area (TPSA) is 119 Å². The summed E-state index contributed by atoms with van der Waals surface area (Å²) in [6, 6.07) is 1.11. The van der Waals surface area contributed by atoms with E-state index in [4.69, 9.17) is 9.52 Å². The number of hydrogen-bond acceptors (Lipinski definition) is 7. The number of carbonyl (C=O) groups is 1. The van der Waals surface area contributed by atoms with Gasteiger partial charge in [0.25, 0.3) is 5.22 Å². The van der Waals surface area contributed by atoms with Crippen LogP contribution in [-0.2, 0) is 0 Å². The Morgan fingerprint density at radius 3 is 2.83 bits per heavy atom. The van der Waals surface area contributed by atoms with E-state index in [1.807, 2.05) is 0 Å². The molecule has 8 nitrogen and oxygen atoms in total. The number of aromatic nitrogens is 2. The van der Waals surface area contributed by atoms with Crippen molar-refractivity contribution in [3.8, 4) is 0 Å². The molecule has 9 heteroatoms. The molecule has 0 radical (unpaired) electrons. The van der Waals surface area contributed by atoms with Crippen molar-refractivity contribution < 1.29 is 19.2 Å². The monoisotopic (exact) mass is 267 g/mol. The van der Waals surface area contributed by atoms with Crippen LogP contribution in [0.1, 0.15) is 10.4 Å². The van der Waals surface area contributed by atoms with E-state index in [9.17, 15) is 14.9 Å². The van der Waals surface area contributed by atoms with Gasteiger partial charge >= 0.3 is 11.7 Å². The first kappa shape index (κ1) is 12.0. The van der Waals surface area contributed by atoms with Crippen molar-refractivity contribution in [2.45, 2.75) is 10.2 Å². The highest BCUT2D eigenvalue weighted by Crippen LogP contribution is 2.28. The van der Waals surface area contributed by atoms with Gasteiger partial charge in [-0.3, -0.25) is 10.1 Å². The fourth-order valence-corrected chi connectivity index (χ4v) is 1.83. The molecule has 0 fully saturated rings. The SMILES string of the molecule is O=C(O)c1cc(Sc2ncco2)ncc1[N+](=O)[O-]. The third kappa shape index (κ3) is 2.46. The van der Waals surface area contributed by atoms with Crippen LogP contribution < -0.4 is 0 Å². The lowest BCUT2D eigenvalue weighted by Gasteiger charge is -2.00. The maximum Gasteiger partial charge on any atom is 0.342 e. The number of nitro groups is 1. The van der Waals surface area contributed by atoms with Crippen molar-refractivity contribution >= 4 is 23.4 Å². The number of carboxylic acids is 1. The van der Waals surface area contributed by atoms with Crippen LogP contribution in [0.25, 0.3) is 0 Å². The predicted octanol–water partition coefficient (Wildman–Crippen LogP) is 1.83. The number of rotatable bonds is 4. The molecular weight excluding hydrogens is 262 g/mol. The molecule has 0 unspecified atom stereocenters. The second kappa shape index (κ2) is 4.84. The second-order valence-corrected chi connectivity index (χ2v) is 3.97. The van der Waals surface area contributed by atoms with Gasteiger partial charge in [0, 0.05) is 0 Å². The van der Waals surface area contributed by atoms with Crippen molar-refractivity contribution in [2.24, 2.45) is 0 Å². The Bertz CT molecular complexity index is 598. The largest absolute Gasteiger partial charge is 0.477 e. The summed E-state index contributed by atoms with van der Waals surface area (Å²) < 4.78 is 4.95. The van der Waals surface area contributed by atoms with Crippen molar-refractivity contribution in [3.05, 3.63) is 40.4 Å². The molecule has 0 amide bonds. The number of pyridine rings is 1. The van der Waals surface area contributed by atoms with Crippen LogP contribution in [0.3, 0.4) is 0 Å². The molecular formula is C9H5N3O5S. The molecule has 2 rings (SSSR count). The predicted molar refractivity (Wildman–Crippen MR) is 58.5 cm³/mol. The lowest BCUT2D eigenvalue weighted by Crippen LogP contribution is -2.03. The quantitative estimate of drug-likeness (QED) is 0.658. The van der Waals surface area contributed by atoms with E-state index in [2.05, 4.69) is 9.97 Å². The van der Waals surface area contributed by atoms with Gasteiger partial charge in [0.1, 0.15) is 23.0 Å². The smallest absolute Gasteiger partial charge is 0.342 e. The van der Waals surface area contributed by atoms with Gasteiger partial charge < -0.3 is 9.52 Å². The first-order valence-electron chi connectivity index (χ1n) is 4.53. The fraction of sp³-hybridized carbons (Fsp3) is 0. The molecule has 0 saturated carbocycles. The molecule has 0 aliphatic heterocycles. The van der Waals surface area contributed by atoms with Gasteiger partial charge in [-0.05, 0) is 17.8 Å². The average Bonchev–Trinajstić information content (AvgIpc) is 2.81. The minimum atomic E-state index is -1.39. The minimum absolute atomic E-state index is 0.250. The van der Waals surface area contributed by atoms with Gasteiger partial charge in [-0.2, -0.15) is 0 Å². The maximum absolute atomic E-state index is 10.9. The van der Waals surface area contributed by atoms with Crippen LogP contribution in [0.2, 0.25) is 0 Å². The van der Waals surface area contributed by atoms with Gasteiger partial charge in [-0.1, -0.05) is 0 Å². The highest BCUT2D eigenvalue weighted by atomic mass is 32.2. The Kier molecular flexibility index (Phi) is 3.24. The molecule has 0 aliphatic rings. The van der Waals surface area contributed by atoms with Crippen molar-refractivity contribution in [2.75, 3.05) is 0 Å². The summed E-state index contributed by atoms with van der Waals surface area (Å²) in [6.45, 7) is 0. The molecule has 0 saturated heterocycles. The Labute approximate surface area is 104 Å². The molecule has 1 N–H and O–H groups in total. The van der Waals surface area contributed by atoms with Crippen LogP contribution in [0, 0.1) is 10.1 Å². The molecule has 18 heavy (non-hydrogen) atoms. The van der Waals surface area contributed by atoms with Crippen LogP contribution in [0.15, 0.2) is 39.4 Å². The molecule has 92 valence electrons. The highest BCUT2D eigenvalue weighted by molar-refractivity contribution is 7.99. The van der Waals surface area contributed by atoms with Crippen LogP contribution in [0.4, 0.5) is 5.69 Å². The van der Waals surface area contributed by atoms with Crippen molar-refractivity contribution in [1.82, 2.24) is 9.97 Å². The summed E-state index contributed by atoms with van der Waals surface area (Å²) in [4.78, 5) is 28.3. The summed E-state index contributed by atoms with van der Waals surface area (Å²) >= 11 is 0.971. The number of hydrogen-bond donors (Lipinski definition) is 1. The van der Waals surface area contributed by atoms with E-state index >= 15 is 0 Å². The zero-order valence-electron chi connectivity index (χ0n) is 8.64. The highest BCUT2D eigenvalue weighted by Gasteiger charge is 2.21. The zero-order valence-corrected chi connectivity index (χ0v) is 9.46. The lowest BCUT2D eigenvalue weighted by molar-refractivity contribution is -0.385.